The van der Waals surface area contributed by atoms with E-state index in [4.69, 9.17) is 5.41 Å². The monoisotopic (exact) mass is 434 g/mol. The number of carbonyl (C=O) groups is 1. The Morgan fingerprint density at radius 1 is 1.38 bits per heavy atom. The molecule has 1 aromatic carbocycles. The number of nitrogens with two attached hydrogens (primary N) is 1. The fourth-order valence-electron chi connectivity index (χ4n) is 2.98. The first-order chi connectivity index (χ1) is 15.5. The Morgan fingerprint density at radius 2 is 2.19 bits per heavy atom. The predicted octanol–water partition coefficient (Wildman–Crippen LogP) is 2.52. The highest BCUT2D eigenvalue weighted by atomic mass is 16.1. The van der Waals surface area contributed by atoms with Crippen molar-refractivity contribution in [2.45, 2.75) is 45.6 Å². The van der Waals surface area contributed by atoms with Gasteiger partial charge in [0.25, 0.3) is 0 Å². The van der Waals surface area contributed by atoms with E-state index in [1.165, 1.54) is 6.21 Å². The van der Waals surface area contributed by atoms with Gasteiger partial charge in [-0.2, -0.15) is 4.98 Å². The average molecular weight is 435 g/mol. The van der Waals surface area contributed by atoms with E-state index in [0.717, 1.165) is 47.6 Å². The molecular weight excluding hydrogens is 402 g/mol. The van der Waals surface area contributed by atoms with Gasteiger partial charge < -0.3 is 26.7 Å². The molecule has 0 saturated heterocycles. The quantitative estimate of drug-likeness (QED) is 0.170. The number of hydrogen-bond donors (Lipinski definition) is 5. The molecule has 1 aliphatic carbocycles. The summed E-state index contributed by atoms with van der Waals surface area (Å²) in [5.74, 6) is 7.65. The van der Waals surface area contributed by atoms with Crippen LogP contribution in [0.25, 0.3) is 0 Å². The van der Waals surface area contributed by atoms with E-state index >= 15 is 0 Å². The molecule has 168 valence electrons. The van der Waals surface area contributed by atoms with Crippen molar-refractivity contribution in [2.24, 2.45) is 5.92 Å². The van der Waals surface area contributed by atoms with Crippen LogP contribution in [-0.2, 0) is 4.79 Å². The fraction of sp³-hybridized carbons (Fsp3) is 0.417. The molecule has 0 aliphatic heterocycles. The highest BCUT2D eigenvalue weighted by Crippen LogP contribution is 2.26. The molecule has 0 atom stereocenters. The number of anilines is 3. The maximum Gasteiger partial charge on any atom is 0.229 e. The second-order valence-electron chi connectivity index (χ2n) is 8.13. The smallest absolute Gasteiger partial charge is 0.229 e. The molecule has 6 N–H and O–H groups in total. The summed E-state index contributed by atoms with van der Waals surface area (Å²) in [6.45, 7) is 4.40. The first-order valence-electron chi connectivity index (χ1n) is 11.1. The maximum absolute atomic E-state index is 11.6. The third kappa shape index (κ3) is 6.79. The van der Waals surface area contributed by atoms with E-state index < -0.39 is 0 Å². The number of rotatable bonds is 10. The second-order valence-corrected chi connectivity index (χ2v) is 8.13. The van der Waals surface area contributed by atoms with Gasteiger partial charge >= 0.3 is 0 Å². The minimum Gasteiger partial charge on any atom is -0.366 e. The van der Waals surface area contributed by atoms with Gasteiger partial charge in [0.2, 0.25) is 11.9 Å². The van der Waals surface area contributed by atoms with E-state index in [2.05, 4.69) is 37.8 Å². The molecule has 1 saturated carbocycles. The topological polar surface area (TPSA) is 119 Å². The van der Waals surface area contributed by atoms with Gasteiger partial charge in [-0.1, -0.05) is 25.7 Å². The number of aromatic nitrogens is 2. The van der Waals surface area contributed by atoms with Crippen LogP contribution >= 0.6 is 0 Å². The number of amides is 1. The highest BCUT2D eigenvalue weighted by molar-refractivity contribution is 5.84. The molecular formula is C24H32N7O+. The molecule has 0 bridgehead atoms. The lowest BCUT2D eigenvalue weighted by molar-refractivity contribution is -0.539. The van der Waals surface area contributed by atoms with Crippen molar-refractivity contribution in [3.05, 3.63) is 35.5 Å². The van der Waals surface area contributed by atoms with Gasteiger partial charge in [-0.3, -0.25) is 4.79 Å². The molecule has 1 aliphatic rings. The summed E-state index contributed by atoms with van der Waals surface area (Å²) in [5.41, 5.74) is 3.48. The van der Waals surface area contributed by atoms with Crippen LogP contribution in [0.4, 0.5) is 23.1 Å². The third-order valence-electron chi connectivity index (χ3n) is 5.04. The van der Waals surface area contributed by atoms with Gasteiger partial charge in [0, 0.05) is 42.9 Å². The van der Waals surface area contributed by atoms with Crippen LogP contribution < -0.4 is 21.3 Å². The molecule has 0 radical (unpaired) electrons. The zero-order valence-corrected chi connectivity index (χ0v) is 19.0. The van der Waals surface area contributed by atoms with Crippen molar-refractivity contribution in [3.8, 4) is 11.8 Å². The Hall–Kier alpha value is -3.44. The molecule has 0 unspecified atom stereocenters. The minimum atomic E-state index is 0.00189. The van der Waals surface area contributed by atoms with Crippen molar-refractivity contribution in [1.82, 2.24) is 15.3 Å². The lowest BCUT2D eigenvalue weighted by Crippen LogP contribution is -2.73. The van der Waals surface area contributed by atoms with Crippen LogP contribution in [0, 0.1) is 23.2 Å². The fourth-order valence-corrected chi connectivity index (χ4v) is 2.98. The number of carbonyl (C=O) groups excluding carboxylic acids is 1. The van der Waals surface area contributed by atoms with Crippen molar-refractivity contribution in [1.29, 1.82) is 5.41 Å². The van der Waals surface area contributed by atoms with E-state index in [-0.39, 0.29) is 11.8 Å². The molecule has 1 amide bonds. The van der Waals surface area contributed by atoms with E-state index in [1.807, 2.05) is 44.4 Å². The summed E-state index contributed by atoms with van der Waals surface area (Å²) < 4.78 is 0. The van der Waals surface area contributed by atoms with Crippen molar-refractivity contribution in [3.63, 3.8) is 0 Å². The first kappa shape index (κ1) is 23.2. The lowest BCUT2D eigenvalue weighted by Gasteiger charge is -2.11. The standard InChI is InChI=1S/C24H31N7O/c1-16(2)23(32)27-12-6-4-5-7-18-15-28-24(31-22(18)29-19-10-11-19)30-20-9-8-17(14-25)21(13-20)26-3/h8-9,13-16,19,25-26H,4,6,10-12H2,1-3H3,(H,27,32)(H2,28,29,30,31)/p+1. The van der Waals surface area contributed by atoms with E-state index in [9.17, 15) is 4.79 Å². The molecule has 2 aromatic rings. The number of hydrogen-bond acceptors (Lipinski definition) is 6. The Morgan fingerprint density at radius 3 is 2.88 bits per heavy atom. The SMILES string of the molecule is C[NH2+]c1cc(Nc2ncc(C#CCCCNC(=O)C(C)C)c(NC3CC3)n2)ccc1C=N. The zero-order chi connectivity index (χ0) is 22.9. The van der Waals surface area contributed by atoms with Crippen LogP contribution in [0.5, 0.6) is 0 Å². The van der Waals surface area contributed by atoms with Gasteiger partial charge in [0.1, 0.15) is 11.5 Å². The molecule has 3 rings (SSSR count). The molecule has 32 heavy (non-hydrogen) atoms. The lowest BCUT2D eigenvalue weighted by atomic mass is 10.1. The Kier molecular flexibility index (Phi) is 8.17. The molecule has 8 nitrogen and oxygen atoms in total. The van der Waals surface area contributed by atoms with Gasteiger partial charge in [-0.25, -0.2) is 4.98 Å². The Balaban J connectivity index is 1.66. The number of benzene rings is 1. The summed E-state index contributed by atoms with van der Waals surface area (Å²) in [5, 5.41) is 19.1. The van der Waals surface area contributed by atoms with Gasteiger partial charge in [-0.05, 0) is 31.4 Å². The van der Waals surface area contributed by atoms with Crippen LogP contribution in [0.3, 0.4) is 0 Å². The van der Waals surface area contributed by atoms with E-state index in [1.54, 1.807) is 6.20 Å². The predicted molar refractivity (Wildman–Crippen MR) is 128 cm³/mol. The maximum atomic E-state index is 11.6. The third-order valence-corrected chi connectivity index (χ3v) is 5.04. The normalized spacial score (nSPS) is 12.6. The summed E-state index contributed by atoms with van der Waals surface area (Å²) in [6.07, 6.45) is 6.86. The van der Waals surface area contributed by atoms with Crippen LogP contribution in [0.1, 0.15) is 50.7 Å². The summed E-state index contributed by atoms with van der Waals surface area (Å²) >= 11 is 0. The van der Waals surface area contributed by atoms with Crippen molar-refractivity contribution >= 4 is 35.3 Å². The molecule has 1 heterocycles. The van der Waals surface area contributed by atoms with Crippen molar-refractivity contribution < 1.29 is 10.1 Å². The second kappa shape index (κ2) is 11.3. The van der Waals surface area contributed by atoms with Gasteiger partial charge in [0.15, 0.2) is 0 Å². The minimum absolute atomic E-state index is 0.00189. The largest absolute Gasteiger partial charge is 0.366 e. The number of quaternary nitrogens is 1. The summed E-state index contributed by atoms with van der Waals surface area (Å²) in [6, 6.07) is 6.23. The Labute approximate surface area is 189 Å². The first-order valence-corrected chi connectivity index (χ1v) is 11.1. The van der Waals surface area contributed by atoms with Crippen LogP contribution in [0.15, 0.2) is 24.4 Å². The molecule has 0 spiro atoms. The van der Waals surface area contributed by atoms with Crippen molar-refractivity contribution in [2.75, 3.05) is 24.2 Å². The summed E-state index contributed by atoms with van der Waals surface area (Å²) in [4.78, 5) is 20.7. The molecule has 1 fully saturated rings. The zero-order valence-electron chi connectivity index (χ0n) is 19.0. The molecule has 8 heteroatoms. The molecule has 1 aromatic heterocycles. The van der Waals surface area contributed by atoms with E-state index in [0.29, 0.717) is 25.0 Å². The van der Waals surface area contributed by atoms with Crippen LogP contribution in [-0.4, -0.2) is 41.7 Å². The Bertz CT molecular complexity index is 1020. The number of nitrogens with one attached hydrogen (secondary N) is 4. The summed E-state index contributed by atoms with van der Waals surface area (Å²) in [7, 11) is 1.95. The number of unbranched alkanes of at least 4 members (excludes halogenated alkanes) is 1. The van der Waals surface area contributed by atoms with Gasteiger partial charge in [-0.15, -0.1) is 0 Å². The van der Waals surface area contributed by atoms with Crippen LogP contribution in [0.2, 0.25) is 0 Å². The highest BCUT2D eigenvalue weighted by Gasteiger charge is 2.23. The van der Waals surface area contributed by atoms with Gasteiger partial charge in [0.05, 0.1) is 24.4 Å². The number of nitrogens with zero attached hydrogens (tertiary/aromatic N) is 2. The average Bonchev–Trinajstić information content (AvgIpc) is 3.61.